The van der Waals surface area contributed by atoms with Crippen LogP contribution in [0.5, 0.6) is 5.75 Å². The van der Waals surface area contributed by atoms with Crippen molar-refractivity contribution in [1.82, 2.24) is 19.8 Å². The lowest BCUT2D eigenvalue weighted by Gasteiger charge is -2.36. The number of hydrogen-bond donors (Lipinski definition) is 1. The minimum Gasteiger partial charge on any atom is -0.497 e. The van der Waals surface area contributed by atoms with Crippen LogP contribution in [0, 0.1) is 0 Å². The third-order valence-corrected chi connectivity index (χ3v) is 6.66. The molecule has 9 heteroatoms. The van der Waals surface area contributed by atoms with Crippen molar-refractivity contribution in [2.75, 3.05) is 43.5 Å². The van der Waals surface area contributed by atoms with Crippen LogP contribution in [0.4, 0.5) is 11.8 Å². The Morgan fingerprint density at radius 3 is 2.29 bits per heavy atom. The van der Waals surface area contributed by atoms with Crippen molar-refractivity contribution in [3.05, 3.63) is 41.1 Å². The number of nitrogens with one attached hydrogen (secondary N) is 1. The lowest BCUT2D eigenvalue weighted by molar-refractivity contribution is -0.129. The molecule has 0 atom stereocenters. The number of fused-ring (bicyclic) bond motifs is 1. The van der Waals surface area contributed by atoms with Crippen molar-refractivity contribution >= 4 is 23.6 Å². The van der Waals surface area contributed by atoms with E-state index in [4.69, 9.17) is 9.72 Å². The number of ether oxygens (including phenoxy) is 1. The second-order valence-electron chi connectivity index (χ2n) is 9.70. The summed E-state index contributed by atoms with van der Waals surface area (Å²) in [5.41, 5.74) is 1.89. The lowest BCUT2D eigenvalue weighted by Crippen LogP contribution is -2.48. The number of amides is 2. The van der Waals surface area contributed by atoms with E-state index in [9.17, 15) is 9.59 Å². The summed E-state index contributed by atoms with van der Waals surface area (Å²) in [6, 6.07) is 7.93. The number of rotatable bonds is 6. The highest BCUT2D eigenvalue weighted by atomic mass is 16.5. The summed E-state index contributed by atoms with van der Waals surface area (Å²) in [5, 5.41) is 3.45. The molecular formula is C25H34N6O3. The molecule has 0 spiro atoms. The van der Waals surface area contributed by atoms with Gasteiger partial charge in [0.15, 0.2) is 0 Å². The van der Waals surface area contributed by atoms with Crippen molar-refractivity contribution < 1.29 is 14.3 Å². The average molecular weight is 467 g/mol. The summed E-state index contributed by atoms with van der Waals surface area (Å²) >= 11 is 0. The predicted octanol–water partition coefficient (Wildman–Crippen LogP) is 2.87. The molecule has 0 saturated carbocycles. The number of piperazine rings is 1. The first-order chi connectivity index (χ1) is 16.1. The van der Waals surface area contributed by atoms with Gasteiger partial charge in [0.05, 0.1) is 19.2 Å². The fourth-order valence-electron chi connectivity index (χ4n) is 4.50. The molecule has 1 aromatic carbocycles. The first-order valence-electron chi connectivity index (χ1n) is 11.8. The molecular weight excluding hydrogens is 432 g/mol. The fourth-order valence-corrected chi connectivity index (χ4v) is 4.50. The van der Waals surface area contributed by atoms with E-state index in [1.165, 1.54) is 0 Å². The van der Waals surface area contributed by atoms with E-state index in [0.29, 0.717) is 44.4 Å². The smallest absolute Gasteiger partial charge is 0.273 e. The van der Waals surface area contributed by atoms with Gasteiger partial charge in [-0.15, -0.1) is 0 Å². The molecule has 1 N–H and O–H groups in total. The molecule has 2 amide bonds. The number of carbonyl (C=O) groups excluding carboxylic acids is 2. The highest BCUT2D eigenvalue weighted by Gasteiger charge is 2.36. The van der Waals surface area contributed by atoms with Crippen molar-refractivity contribution in [3.8, 4) is 5.75 Å². The molecule has 34 heavy (non-hydrogen) atoms. The molecule has 2 aromatic rings. The summed E-state index contributed by atoms with van der Waals surface area (Å²) in [6.45, 7) is 12.8. The maximum Gasteiger partial charge on any atom is 0.273 e. The van der Waals surface area contributed by atoms with Crippen molar-refractivity contribution in [1.29, 1.82) is 0 Å². The third kappa shape index (κ3) is 4.51. The Balaban J connectivity index is 1.68. The van der Waals surface area contributed by atoms with Gasteiger partial charge in [-0.05, 0) is 45.4 Å². The Bertz CT molecular complexity index is 1070. The maximum absolute atomic E-state index is 13.2. The van der Waals surface area contributed by atoms with Gasteiger partial charge in [-0.1, -0.05) is 12.1 Å². The summed E-state index contributed by atoms with van der Waals surface area (Å²) in [7, 11) is 1.64. The van der Waals surface area contributed by atoms with E-state index < -0.39 is 5.54 Å². The number of anilines is 2. The van der Waals surface area contributed by atoms with Crippen molar-refractivity contribution in [3.63, 3.8) is 0 Å². The fraction of sp³-hybridized carbons (Fsp3) is 0.520. The minimum atomic E-state index is -0.482. The van der Waals surface area contributed by atoms with Crippen LogP contribution >= 0.6 is 0 Å². The van der Waals surface area contributed by atoms with Crippen LogP contribution in [0.1, 0.15) is 56.2 Å². The molecule has 1 saturated heterocycles. The molecule has 2 aliphatic heterocycles. The predicted molar refractivity (Wildman–Crippen MR) is 131 cm³/mol. The maximum atomic E-state index is 13.2. The van der Waals surface area contributed by atoms with Gasteiger partial charge >= 0.3 is 0 Å². The van der Waals surface area contributed by atoms with Gasteiger partial charge in [-0.3, -0.25) is 9.59 Å². The van der Waals surface area contributed by atoms with Gasteiger partial charge < -0.3 is 24.8 Å². The second kappa shape index (κ2) is 9.12. The molecule has 3 heterocycles. The Hall–Kier alpha value is -3.36. The molecule has 0 unspecified atom stereocenters. The molecule has 1 fully saturated rings. The Morgan fingerprint density at radius 2 is 1.74 bits per heavy atom. The monoisotopic (exact) mass is 466 g/mol. The van der Waals surface area contributed by atoms with Crippen LogP contribution in [-0.2, 0) is 16.9 Å². The van der Waals surface area contributed by atoms with Gasteiger partial charge in [0, 0.05) is 44.7 Å². The van der Waals surface area contributed by atoms with E-state index in [1.54, 1.807) is 14.0 Å². The van der Waals surface area contributed by atoms with Crippen LogP contribution in [0.15, 0.2) is 24.3 Å². The van der Waals surface area contributed by atoms with Crippen LogP contribution in [0.3, 0.4) is 0 Å². The topological polar surface area (TPSA) is 90.9 Å². The molecule has 2 aliphatic rings. The van der Waals surface area contributed by atoms with Crippen LogP contribution in [0.25, 0.3) is 0 Å². The van der Waals surface area contributed by atoms with E-state index in [0.717, 1.165) is 22.7 Å². The largest absolute Gasteiger partial charge is 0.497 e. The van der Waals surface area contributed by atoms with Crippen LogP contribution < -0.4 is 15.0 Å². The summed E-state index contributed by atoms with van der Waals surface area (Å²) in [6.07, 6.45) is 0. The van der Waals surface area contributed by atoms with Gasteiger partial charge in [-0.25, -0.2) is 4.98 Å². The summed E-state index contributed by atoms with van der Waals surface area (Å²) in [4.78, 5) is 40.4. The van der Waals surface area contributed by atoms with Crippen LogP contribution in [0.2, 0.25) is 0 Å². The minimum absolute atomic E-state index is 0.0660. The third-order valence-electron chi connectivity index (χ3n) is 6.66. The molecule has 9 nitrogen and oxygen atoms in total. The standard InChI is InChI=1S/C25H34N6O3/c1-16(2)31-15-20-21(23(31)33)26-24(27-22(20)30-13-11-29(12-14-30)17(3)32)28-25(4,5)18-7-9-19(34-6)10-8-18/h7-10,16H,11-15H2,1-6H3,(H,26,27,28). The number of carbonyl (C=O) groups is 2. The Morgan fingerprint density at radius 1 is 1.09 bits per heavy atom. The molecule has 182 valence electrons. The highest BCUT2D eigenvalue weighted by Crippen LogP contribution is 2.34. The second-order valence-corrected chi connectivity index (χ2v) is 9.70. The van der Waals surface area contributed by atoms with Gasteiger partial charge in [0.2, 0.25) is 11.9 Å². The highest BCUT2D eigenvalue weighted by molar-refractivity contribution is 5.98. The molecule has 0 aliphatic carbocycles. The Labute approximate surface area is 201 Å². The zero-order chi connectivity index (χ0) is 24.6. The zero-order valence-electron chi connectivity index (χ0n) is 20.9. The van der Waals surface area contributed by atoms with E-state index in [2.05, 4.69) is 29.0 Å². The number of benzene rings is 1. The SMILES string of the molecule is COc1ccc(C(C)(C)Nc2nc3c(c(N4CCN(C(C)=O)CC4)n2)CN(C(C)C)C3=O)cc1. The summed E-state index contributed by atoms with van der Waals surface area (Å²) in [5.74, 6) is 2.00. The summed E-state index contributed by atoms with van der Waals surface area (Å²) < 4.78 is 5.28. The number of aromatic nitrogens is 2. The quantitative estimate of drug-likeness (QED) is 0.700. The Kier molecular flexibility index (Phi) is 6.38. The first-order valence-corrected chi connectivity index (χ1v) is 11.8. The zero-order valence-corrected chi connectivity index (χ0v) is 20.9. The van der Waals surface area contributed by atoms with Crippen LogP contribution in [-0.4, -0.2) is 70.9 Å². The molecule has 1 aromatic heterocycles. The first kappa shape index (κ1) is 23.8. The van der Waals surface area contributed by atoms with Crippen molar-refractivity contribution in [2.24, 2.45) is 0 Å². The molecule has 4 rings (SSSR count). The number of hydrogen-bond acceptors (Lipinski definition) is 7. The van der Waals surface area contributed by atoms with E-state index >= 15 is 0 Å². The lowest BCUT2D eigenvalue weighted by atomic mass is 9.94. The van der Waals surface area contributed by atoms with Gasteiger partial charge in [0.25, 0.3) is 5.91 Å². The van der Waals surface area contributed by atoms with E-state index in [-0.39, 0.29) is 17.9 Å². The number of methoxy groups -OCH3 is 1. The van der Waals surface area contributed by atoms with E-state index in [1.807, 2.05) is 47.9 Å². The van der Waals surface area contributed by atoms with Gasteiger partial charge in [0.1, 0.15) is 17.3 Å². The normalized spacial score (nSPS) is 16.2. The molecule has 0 bridgehead atoms. The average Bonchev–Trinajstić information content (AvgIpc) is 3.15. The van der Waals surface area contributed by atoms with Gasteiger partial charge in [-0.2, -0.15) is 4.98 Å². The molecule has 0 radical (unpaired) electrons. The number of nitrogens with zero attached hydrogens (tertiary/aromatic N) is 5. The van der Waals surface area contributed by atoms with Crippen molar-refractivity contribution in [2.45, 2.75) is 52.7 Å².